The van der Waals surface area contributed by atoms with Crippen molar-refractivity contribution in [2.24, 2.45) is 7.05 Å². The molecule has 0 aliphatic carbocycles. The Bertz CT molecular complexity index is 388. The van der Waals surface area contributed by atoms with E-state index in [0.717, 1.165) is 38.3 Å². The molecule has 0 spiro atoms. The van der Waals surface area contributed by atoms with Gasteiger partial charge in [-0.25, -0.2) is 0 Å². The first-order chi connectivity index (χ1) is 8.11. The lowest BCUT2D eigenvalue weighted by Crippen LogP contribution is -2.48. The summed E-state index contributed by atoms with van der Waals surface area (Å²) in [5, 5.41) is 8.01. The van der Waals surface area contributed by atoms with E-state index in [-0.39, 0.29) is 0 Å². The highest BCUT2D eigenvalue weighted by Gasteiger charge is 2.19. The van der Waals surface area contributed by atoms with Crippen LogP contribution < -0.4 is 5.32 Å². The van der Waals surface area contributed by atoms with Crippen molar-refractivity contribution in [2.45, 2.75) is 32.9 Å². The summed E-state index contributed by atoms with van der Waals surface area (Å²) in [7, 11) is 2.03. The highest BCUT2D eigenvalue weighted by atomic mass is 79.9. The van der Waals surface area contributed by atoms with Crippen LogP contribution in [0.5, 0.6) is 0 Å². The Balaban J connectivity index is 2.10. The molecule has 0 saturated carbocycles. The third-order valence-corrected chi connectivity index (χ3v) is 4.24. The zero-order valence-electron chi connectivity index (χ0n) is 10.8. The molecule has 2 rings (SSSR count). The zero-order valence-corrected chi connectivity index (χ0v) is 12.4. The largest absolute Gasteiger partial charge is 0.312 e. The molecule has 5 heteroatoms. The van der Waals surface area contributed by atoms with Crippen LogP contribution in [0, 0.1) is 0 Å². The smallest absolute Gasteiger partial charge is 0.0767 e. The second-order valence-electron chi connectivity index (χ2n) is 4.77. The number of hydrogen-bond acceptors (Lipinski definition) is 3. The van der Waals surface area contributed by atoms with Crippen LogP contribution in [0.4, 0.5) is 0 Å². The van der Waals surface area contributed by atoms with Gasteiger partial charge in [-0.05, 0) is 29.3 Å². The van der Waals surface area contributed by atoms with Crippen LogP contribution >= 0.6 is 15.9 Å². The first-order valence-corrected chi connectivity index (χ1v) is 7.07. The maximum absolute atomic E-state index is 4.54. The second-order valence-corrected chi connectivity index (χ2v) is 5.57. The monoisotopic (exact) mass is 300 g/mol. The number of rotatable bonds is 3. The summed E-state index contributed by atoms with van der Waals surface area (Å²) in [5.74, 6) is 0. The Morgan fingerprint density at radius 2 is 2.29 bits per heavy atom. The van der Waals surface area contributed by atoms with Crippen molar-refractivity contribution >= 4 is 15.9 Å². The van der Waals surface area contributed by atoms with E-state index in [0.29, 0.717) is 6.04 Å². The first-order valence-electron chi connectivity index (χ1n) is 6.27. The number of nitrogens with zero attached hydrogens (tertiary/aromatic N) is 3. The fourth-order valence-corrected chi connectivity index (χ4v) is 3.10. The zero-order chi connectivity index (χ0) is 12.4. The topological polar surface area (TPSA) is 33.1 Å². The third-order valence-electron chi connectivity index (χ3n) is 3.33. The molecule has 96 valence electrons. The fraction of sp³-hybridized carbons (Fsp3) is 0.750. The van der Waals surface area contributed by atoms with Gasteiger partial charge in [0.15, 0.2) is 0 Å². The van der Waals surface area contributed by atoms with Gasteiger partial charge < -0.3 is 5.32 Å². The predicted molar refractivity (Wildman–Crippen MR) is 73.0 cm³/mol. The molecule has 1 aliphatic heterocycles. The van der Waals surface area contributed by atoms with Crippen molar-refractivity contribution < 1.29 is 0 Å². The summed E-state index contributed by atoms with van der Waals surface area (Å²) >= 11 is 3.68. The van der Waals surface area contributed by atoms with Gasteiger partial charge in [-0.2, -0.15) is 5.10 Å². The molecule has 4 nitrogen and oxygen atoms in total. The van der Waals surface area contributed by atoms with Crippen LogP contribution in [0.15, 0.2) is 4.47 Å². The van der Waals surface area contributed by atoms with E-state index < -0.39 is 0 Å². The molecule has 17 heavy (non-hydrogen) atoms. The molecular formula is C12H21BrN4. The van der Waals surface area contributed by atoms with Crippen LogP contribution in [-0.4, -0.2) is 40.4 Å². The third kappa shape index (κ3) is 2.89. The minimum absolute atomic E-state index is 0.585. The van der Waals surface area contributed by atoms with Crippen molar-refractivity contribution in [3.8, 4) is 0 Å². The molecule has 0 bridgehead atoms. The molecule has 1 saturated heterocycles. The van der Waals surface area contributed by atoms with Crippen molar-refractivity contribution in [1.82, 2.24) is 20.0 Å². The molecule has 1 N–H and O–H groups in total. The number of hydrogen-bond donors (Lipinski definition) is 1. The first kappa shape index (κ1) is 13.1. The summed E-state index contributed by atoms with van der Waals surface area (Å²) in [6, 6.07) is 0.585. The van der Waals surface area contributed by atoms with Crippen LogP contribution in [-0.2, 0) is 20.0 Å². The standard InChI is InChI=1S/C12H21BrN4/c1-4-10-12(13)11(16(3)15-10)8-17-6-5-14-9(2)7-17/h9,14H,4-8H2,1-3H3. The molecule has 2 heterocycles. The van der Waals surface area contributed by atoms with Crippen molar-refractivity contribution in [2.75, 3.05) is 19.6 Å². The van der Waals surface area contributed by atoms with Crippen LogP contribution in [0.2, 0.25) is 0 Å². The van der Waals surface area contributed by atoms with E-state index in [2.05, 4.69) is 45.1 Å². The summed E-state index contributed by atoms with van der Waals surface area (Å²) in [4.78, 5) is 2.49. The molecule has 1 unspecified atom stereocenters. The van der Waals surface area contributed by atoms with Crippen LogP contribution in [0.1, 0.15) is 25.2 Å². The Labute approximate surface area is 111 Å². The highest BCUT2D eigenvalue weighted by Crippen LogP contribution is 2.23. The minimum Gasteiger partial charge on any atom is -0.312 e. The van der Waals surface area contributed by atoms with E-state index >= 15 is 0 Å². The normalized spacial score (nSPS) is 22.0. The van der Waals surface area contributed by atoms with Crippen molar-refractivity contribution in [3.63, 3.8) is 0 Å². The Kier molecular flexibility index (Phi) is 4.22. The van der Waals surface area contributed by atoms with Gasteiger partial charge in [0.2, 0.25) is 0 Å². The number of aryl methyl sites for hydroxylation is 2. The van der Waals surface area contributed by atoms with E-state index in [9.17, 15) is 0 Å². The van der Waals surface area contributed by atoms with E-state index in [1.165, 1.54) is 10.2 Å². The van der Waals surface area contributed by atoms with Crippen LogP contribution in [0.3, 0.4) is 0 Å². The van der Waals surface area contributed by atoms with Gasteiger partial charge in [0.05, 0.1) is 15.9 Å². The Hall–Kier alpha value is -0.390. The van der Waals surface area contributed by atoms with Crippen molar-refractivity contribution in [3.05, 3.63) is 15.9 Å². The van der Waals surface area contributed by atoms with E-state index in [4.69, 9.17) is 0 Å². The molecule has 0 aromatic carbocycles. The maximum atomic E-state index is 4.54. The fourth-order valence-electron chi connectivity index (χ4n) is 2.36. The molecule has 1 aromatic heterocycles. The molecular weight excluding hydrogens is 280 g/mol. The van der Waals surface area contributed by atoms with Gasteiger partial charge in [0.25, 0.3) is 0 Å². The molecule has 0 radical (unpaired) electrons. The quantitative estimate of drug-likeness (QED) is 0.919. The van der Waals surface area contributed by atoms with Gasteiger partial charge >= 0.3 is 0 Å². The van der Waals surface area contributed by atoms with Gasteiger partial charge in [0, 0.05) is 39.3 Å². The molecule has 1 fully saturated rings. The van der Waals surface area contributed by atoms with E-state index in [1.807, 2.05) is 11.7 Å². The number of halogens is 1. The van der Waals surface area contributed by atoms with Gasteiger partial charge in [-0.1, -0.05) is 6.92 Å². The molecule has 1 aromatic rings. The lowest BCUT2D eigenvalue weighted by atomic mass is 10.2. The summed E-state index contributed by atoms with van der Waals surface area (Å²) in [5.41, 5.74) is 2.45. The van der Waals surface area contributed by atoms with Gasteiger partial charge in [0.1, 0.15) is 0 Å². The number of aromatic nitrogens is 2. The molecule has 1 atom stereocenters. The van der Waals surface area contributed by atoms with E-state index in [1.54, 1.807) is 0 Å². The SMILES string of the molecule is CCc1nn(C)c(CN2CCNC(C)C2)c1Br. The maximum Gasteiger partial charge on any atom is 0.0767 e. The molecule has 0 amide bonds. The minimum atomic E-state index is 0.585. The van der Waals surface area contributed by atoms with Gasteiger partial charge in [-0.3, -0.25) is 9.58 Å². The molecule has 1 aliphatic rings. The summed E-state index contributed by atoms with van der Waals surface area (Å²) < 4.78 is 3.20. The number of nitrogens with one attached hydrogen (secondary N) is 1. The Morgan fingerprint density at radius 1 is 1.53 bits per heavy atom. The average molecular weight is 301 g/mol. The van der Waals surface area contributed by atoms with Crippen molar-refractivity contribution in [1.29, 1.82) is 0 Å². The second kappa shape index (κ2) is 5.50. The summed E-state index contributed by atoms with van der Waals surface area (Å²) in [6.45, 7) is 8.67. The lowest BCUT2D eigenvalue weighted by molar-refractivity contribution is 0.195. The average Bonchev–Trinajstić information content (AvgIpc) is 2.56. The lowest BCUT2D eigenvalue weighted by Gasteiger charge is -2.31. The highest BCUT2D eigenvalue weighted by molar-refractivity contribution is 9.10. The number of piperazine rings is 1. The Morgan fingerprint density at radius 3 is 2.88 bits per heavy atom. The van der Waals surface area contributed by atoms with Crippen LogP contribution in [0.25, 0.3) is 0 Å². The summed E-state index contributed by atoms with van der Waals surface area (Å²) in [6.07, 6.45) is 0.979. The van der Waals surface area contributed by atoms with Gasteiger partial charge in [-0.15, -0.1) is 0 Å². The predicted octanol–water partition coefficient (Wildman–Crippen LogP) is 1.54.